The summed E-state index contributed by atoms with van der Waals surface area (Å²) in [6.45, 7) is -1.01. The monoisotopic (exact) mass is 307 g/mol. The number of halogens is 3. The van der Waals surface area contributed by atoms with E-state index in [-0.39, 0.29) is 12.5 Å². The molecule has 1 aromatic carbocycles. The van der Waals surface area contributed by atoms with Crippen LogP contribution in [-0.2, 0) is 6.61 Å². The molecule has 0 amide bonds. The van der Waals surface area contributed by atoms with Crippen molar-refractivity contribution >= 4 is 0 Å². The first kappa shape index (κ1) is 15.0. The molecule has 1 fully saturated rings. The zero-order chi connectivity index (χ0) is 15.7. The van der Waals surface area contributed by atoms with Crippen molar-refractivity contribution in [2.24, 2.45) is 5.92 Å². The number of aromatic nitrogens is 1. The molecule has 0 radical (unpaired) electrons. The normalized spacial score (nSPS) is 15.8. The first-order valence-corrected chi connectivity index (χ1v) is 7.24. The van der Waals surface area contributed by atoms with E-state index in [0.717, 1.165) is 19.0 Å². The number of aliphatic hydroxyl groups is 1. The molecule has 1 aliphatic carbocycles. The van der Waals surface area contributed by atoms with Crippen LogP contribution in [0.2, 0.25) is 0 Å². The van der Waals surface area contributed by atoms with E-state index in [0.29, 0.717) is 22.3 Å². The lowest BCUT2D eigenvalue weighted by atomic mass is 9.90. The fraction of sp³-hybridized carbons (Fsp3) is 0.353. The van der Waals surface area contributed by atoms with Gasteiger partial charge < -0.3 is 5.11 Å². The van der Waals surface area contributed by atoms with Crippen LogP contribution < -0.4 is 0 Å². The van der Waals surface area contributed by atoms with Gasteiger partial charge in [0, 0.05) is 17.7 Å². The largest absolute Gasteiger partial charge is 0.392 e. The van der Waals surface area contributed by atoms with Gasteiger partial charge in [0.2, 0.25) is 0 Å². The van der Waals surface area contributed by atoms with Crippen LogP contribution in [0.1, 0.15) is 29.9 Å². The summed E-state index contributed by atoms with van der Waals surface area (Å²) in [5.41, 5.74) is 1.56. The van der Waals surface area contributed by atoms with Crippen LogP contribution in [0.5, 0.6) is 0 Å². The number of benzene rings is 1. The van der Waals surface area contributed by atoms with Gasteiger partial charge in [-0.15, -0.1) is 0 Å². The Bertz CT molecular complexity index is 686. The molecule has 1 saturated carbocycles. The molecule has 2 nitrogen and oxygen atoms in total. The summed E-state index contributed by atoms with van der Waals surface area (Å²) in [5.74, 6) is -1.35. The van der Waals surface area contributed by atoms with Crippen molar-refractivity contribution in [3.63, 3.8) is 0 Å². The van der Waals surface area contributed by atoms with Crippen LogP contribution in [0, 0.1) is 17.6 Å². The third kappa shape index (κ3) is 2.86. The third-order valence-electron chi connectivity index (χ3n) is 4.17. The Hall–Kier alpha value is -1.88. The molecular formula is C17H16F3NO. The SMILES string of the molecule is OCc1cc(F)c(C(CF)C2CC2)cc1-c1cncc(F)c1. The van der Waals surface area contributed by atoms with Gasteiger partial charge in [0.1, 0.15) is 11.6 Å². The molecule has 1 unspecified atom stereocenters. The summed E-state index contributed by atoms with van der Waals surface area (Å²) in [5, 5.41) is 9.43. The summed E-state index contributed by atoms with van der Waals surface area (Å²) >= 11 is 0. The maximum Gasteiger partial charge on any atom is 0.142 e. The van der Waals surface area contributed by atoms with E-state index >= 15 is 0 Å². The average molecular weight is 307 g/mol. The maximum absolute atomic E-state index is 14.3. The molecule has 1 aromatic heterocycles. The van der Waals surface area contributed by atoms with Gasteiger partial charge in [-0.05, 0) is 53.6 Å². The summed E-state index contributed by atoms with van der Waals surface area (Å²) in [6, 6.07) is 4.01. The van der Waals surface area contributed by atoms with Crippen molar-refractivity contribution in [2.75, 3.05) is 6.67 Å². The second-order valence-corrected chi connectivity index (χ2v) is 5.68. The molecule has 3 rings (SSSR count). The van der Waals surface area contributed by atoms with Crippen LogP contribution in [-0.4, -0.2) is 16.8 Å². The van der Waals surface area contributed by atoms with Crippen molar-refractivity contribution in [1.82, 2.24) is 4.98 Å². The maximum atomic E-state index is 14.3. The van der Waals surface area contributed by atoms with E-state index in [1.165, 1.54) is 24.4 Å². The summed E-state index contributed by atoms with van der Waals surface area (Å²) in [6.07, 6.45) is 4.31. The van der Waals surface area contributed by atoms with Crippen molar-refractivity contribution in [3.8, 4) is 11.1 Å². The highest BCUT2D eigenvalue weighted by Crippen LogP contribution is 2.44. The van der Waals surface area contributed by atoms with Crippen LogP contribution >= 0.6 is 0 Å². The van der Waals surface area contributed by atoms with Crippen molar-refractivity contribution in [2.45, 2.75) is 25.4 Å². The van der Waals surface area contributed by atoms with Gasteiger partial charge >= 0.3 is 0 Å². The molecule has 2 aromatic rings. The number of rotatable bonds is 5. The van der Waals surface area contributed by atoms with Crippen molar-refractivity contribution in [3.05, 3.63) is 53.4 Å². The lowest BCUT2D eigenvalue weighted by Crippen LogP contribution is -2.08. The highest BCUT2D eigenvalue weighted by Gasteiger charge is 2.34. The first-order chi connectivity index (χ1) is 10.6. The molecule has 1 heterocycles. The van der Waals surface area contributed by atoms with E-state index < -0.39 is 24.2 Å². The van der Waals surface area contributed by atoms with Crippen molar-refractivity contribution in [1.29, 1.82) is 0 Å². The molecule has 0 spiro atoms. The average Bonchev–Trinajstić information content (AvgIpc) is 3.34. The minimum atomic E-state index is -0.624. The molecule has 0 bridgehead atoms. The van der Waals surface area contributed by atoms with Gasteiger partial charge in [-0.1, -0.05) is 0 Å². The fourth-order valence-corrected chi connectivity index (χ4v) is 2.84. The number of aliphatic hydroxyl groups excluding tert-OH is 1. The van der Waals surface area contributed by atoms with E-state index in [2.05, 4.69) is 4.98 Å². The molecule has 1 atom stereocenters. The fourth-order valence-electron chi connectivity index (χ4n) is 2.84. The van der Waals surface area contributed by atoms with Gasteiger partial charge in [-0.25, -0.2) is 8.78 Å². The number of pyridine rings is 1. The Morgan fingerprint density at radius 3 is 2.55 bits per heavy atom. The highest BCUT2D eigenvalue weighted by atomic mass is 19.1. The van der Waals surface area contributed by atoms with Gasteiger partial charge in [0.05, 0.1) is 19.5 Å². The zero-order valence-corrected chi connectivity index (χ0v) is 11.9. The quantitative estimate of drug-likeness (QED) is 0.906. The van der Waals surface area contributed by atoms with Gasteiger partial charge in [0.25, 0.3) is 0 Å². The molecule has 22 heavy (non-hydrogen) atoms. The minimum absolute atomic E-state index is 0.165. The van der Waals surface area contributed by atoms with E-state index in [1.807, 2.05) is 0 Å². The van der Waals surface area contributed by atoms with E-state index in [1.54, 1.807) is 0 Å². The van der Waals surface area contributed by atoms with Crippen LogP contribution in [0.25, 0.3) is 11.1 Å². The Kier molecular flexibility index (Phi) is 4.16. The Morgan fingerprint density at radius 1 is 1.18 bits per heavy atom. The first-order valence-electron chi connectivity index (χ1n) is 7.24. The number of alkyl halides is 1. The zero-order valence-electron chi connectivity index (χ0n) is 11.9. The van der Waals surface area contributed by atoms with Gasteiger partial charge in [-0.3, -0.25) is 9.37 Å². The van der Waals surface area contributed by atoms with Crippen molar-refractivity contribution < 1.29 is 18.3 Å². The Balaban J connectivity index is 2.11. The molecule has 0 saturated heterocycles. The second-order valence-electron chi connectivity index (χ2n) is 5.68. The number of nitrogens with zero attached hydrogens (tertiary/aromatic N) is 1. The molecule has 1 N–H and O–H groups in total. The third-order valence-corrected chi connectivity index (χ3v) is 4.17. The highest BCUT2D eigenvalue weighted by molar-refractivity contribution is 5.67. The van der Waals surface area contributed by atoms with Gasteiger partial charge in [0.15, 0.2) is 0 Å². The smallest absolute Gasteiger partial charge is 0.142 e. The molecule has 116 valence electrons. The predicted octanol–water partition coefficient (Wildman–Crippen LogP) is 3.98. The minimum Gasteiger partial charge on any atom is -0.392 e. The molecule has 0 aliphatic heterocycles. The second kappa shape index (κ2) is 6.08. The number of hydrogen-bond donors (Lipinski definition) is 1. The Morgan fingerprint density at radius 2 is 1.95 bits per heavy atom. The Labute approximate surface area is 126 Å². The van der Waals surface area contributed by atoms with Crippen LogP contribution in [0.4, 0.5) is 13.2 Å². The van der Waals surface area contributed by atoms with Gasteiger partial charge in [-0.2, -0.15) is 0 Å². The lowest BCUT2D eigenvalue weighted by molar-refractivity contribution is 0.281. The predicted molar refractivity (Wildman–Crippen MR) is 77.0 cm³/mol. The van der Waals surface area contributed by atoms with Crippen LogP contribution in [0.15, 0.2) is 30.6 Å². The van der Waals surface area contributed by atoms with E-state index in [4.69, 9.17) is 0 Å². The summed E-state index contributed by atoms with van der Waals surface area (Å²) < 4.78 is 40.9. The molecular weight excluding hydrogens is 291 g/mol. The number of hydrogen-bond acceptors (Lipinski definition) is 2. The van der Waals surface area contributed by atoms with Crippen LogP contribution in [0.3, 0.4) is 0 Å². The molecule has 1 aliphatic rings. The summed E-state index contributed by atoms with van der Waals surface area (Å²) in [7, 11) is 0. The summed E-state index contributed by atoms with van der Waals surface area (Å²) in [4.78, 5) is 3.78. The van der Waals surface area contributed by atoms with E-state index in [9.17, 15) is 18.3 Å². The topological polar surface area (TPSA) is 33.1 Å². The molecule has 5 heteroatoms. The lowest BCUT2D eigenvalue weighted by Gasteiger charge is -2.17. The standard InChI is InChI=1S/C17H16F3NO/c18-6-16(10-1-2-10)15-5-14(12(9-22)4-17(15)20)11-3-13(19)8-21-7-11/h3-5,7-8,10,16,22H,1-2,6,9H2.